The number of likely N-dealkylation sites (tertiary alicyclic amines) is 1. The van der Waals surface area contributed by atoms with Gasteiger partial charge in [0.15, 0.2) is 11.6 Å². The summed E-state index contributed by atoms with van der Waals surface area (Å²) >= 11 is 0. The monoisotopic (exact) mass is 283 g/mol. The molecule has 1 atom stereocenters. The smallest absolute Gasteiger partial charge is 0.164 e. The van der Waals surface area contributed by atoms with Crippen molar-refractivity contribution >= 4 is 0 Å². The zero-order chi connectivity index (χ0) is 14.8. The molecule has 1 aromatic rings. The van der Waals surface area contributed by atoms with Gasteiger partial charge < -0.3 is 5.11 Å². The number of aliphatic hydroxyl groups is 1. The van der Waals surface area contributed by atoms with E-state index >= 15 is 0 Å². The van der Waals surface area contributed by atoms with Gasteiger partial charge in [0.2, 0.25) is 0 Å². The van der Waals surface area contributed by atoms with Crippen LogP contribution >= 0.6 is 0 Å². The minimum atomic E-state index is -0.977. The van der Waals surface area contributed by atoms with Gasteiger partial charge >= 0.3 is 0 Å². The van der Waals surface area contributed by atoms with Crippen LogP contribution < -0.4 is 0 Å². The van der Waals surface area contributed by atoms with E-state index in [-0.39, 0.29) is 5.56 Å². The van der Waals surface area contributed by atoms with Crippen molar-refractivity contribution in [2.24, 2.45) is 5.41 Å². The van der Waals surface area contributed by atoms with Crippen LogP contribution in [0, 0.1) is 17.0 Å². The third-order valence-electron chi connectivity index (χ3n) is 4.79. The van der Waals surface area contributed by atoms with Gasteiger partial charge in [-0.15, -0.1) is 0 Å². The van der Waals surface area contributed by atoms with Crippen molar-refractivity contribution < 1.29 is 13.9 Å². The van der Waals surface area contributed by atoms with Crippen LogP contribution in [-0.2, 0) is 0 Å². The molecule has 0 radical (unpaired) electrons. The van der Waals surface area contributed by atoms with Gasteiger partial charge in [-0.25, -0.2) is 8.78 Å². The SMILES string of the molecule is CCC1(CC)CCN(CC(O)c2cccc(F)c2F)C1. The first-order valence-electron chi connectivity index (χ1n) is 7.35. The normalized spacial score (nSPS) is 20.2. The van der Waals surface area contributed by atoms with E-state index in [0.717, 1.165) is 38.4 Å². The Morgan fingerprint density at radius 1 is 1.30 bits per heavy atom. The van der Waals surface area contributed by atoms with E-state index in [1.54, 1.807) is 0 Å². The summed E-state index contributed by atoms with van der Waals surface area (Å²) in [5.74, 6) is -1.84. The minimum Gasteiger partial charge on any atom is -0.387 e. The minimum absolute atomic E-state index is 0.0514. The molecule has 0 spiro atoms. The Kier molecular flexibility index (Phi) is 4.76. The molecule has 0 aliphatic carbocycles. The molecule has 1 heterocycles. The molecule has 112 valence electrons. The van der Waals surface area contributed by atoms with Crippen molar-refractivity contribution in [2.45, 2.75) is 39.2 Å². The average Bonchev–Trinajstić information content (AvgIpc) is 2.85. The fraction of sp³-hybridized carbons (Fsp3) is 0.625. The lowest BCUT2D eigenvalue weighted by Crippen LogP contribution is -2.30. The first kappa shape index (κ1) is 15.4. The largest absolute Gasteiger partial charge is 0.387 e. The Morgan fingerprint density at radius 3 is 2.60 bits per heavy atom. The Labute approximate surface area is 119 Å². The Balaban J connectivity index is 2.02. The summed E-state index contributed by atoms with van der Waals surface area (Å²) in [6.07, 6.45) is 2.36. The fourth-order valence-corrected chi connectivity index (χ4v) is 3.13. The molecule has 1 aliphatic rings. The topological polar surface area (TPSA) is 23.5 Å². The quantitative estimate of drug-likeness (QED) is 0.894. The molecule has 0 aromatic heterocycles. The molecule has 0 amide bonds. The fourth-order valence-electron chi connectivity index (χ4n) is 3.13. The molecule has 1 unspecified atom stereocenters. The Morgan fingerprint density at radius 2 is 2.00 bits per heavy atom. The lowest BCUT2D eigenvalue weighted by atomic mass is 9.82. The maximum Gasteiger partial charge on any atom is 0.164 e. The molecular weight excluding hydrogens is 260 g/mol. The van der Waals surface area contributed by atoms with E-state index in [1.165, 1.54) is 12.1 Å². The summed E-state index contributed by atoms with van der Waals surface area (Å²) in [7, 11) is 0. The number of aliphatic hydroxyl groups excluding tert-OH is 1. The zero-order valence-corrected chi connectivity index (χ0v) is 12.2. The maximum absolute atomic E-state index is 13.7. The third-order valence-corrected chi connectivity index (χ3v) is 4.79. The van der Waals surface area contributed by atoms with Crippen LogP contribution in [0.15, 0.2) is 18.2 Å². The molecule has 0 saturated carbocycles. The number of rotatable bonds is 5. The summed E-state index contributed by atoms with van der Waals surface area (Å²) in [4.78, 5) is 2.15. The highest BCUT2D eigenvalue weighted by Crippen LogP contribution is 2.37. The molecule has 1 fully saturated rings. The molecule has 2 rings (SSSR count). The Hall–Kier alpha value is -1.00. The van der Waals surface area contributed by atoms with Crippen molar-refractivity contribution in [2.75, 3.05) is 19.6 Å². The second kappa shape index (κ2) is 6.19. The molecule has 1 aliphatic heterocycles. The molecule has 1 aromatic carbocycles. The van der Waals surface area contributed by atoms with Crippen molar-refractivity contribution in [3.63, 3.8) is 0 Å². The summed E-state index contributed by atoms with van der Waals surface area (Å²) in [6, 6.07) is 3.95. The van der Waals surface area contributed by atoms with Crippen LogP contribution in [0.3, 0.4) is 0 Å². The summed E-state index contributed by atoms with van der Waals surface area (Å²) in [5.41, 5.74) is 0.371. The van der Waals surface area contributed by atoms with Gasteiger partial charge in [0.05, 0.1) is 6.10 Å². The van der Waals surface area contributed by atoms with Crippen molar-refractivity contribution in [1.82, 2.24) is 4.90 Å². The number of nitrogens with zero attached hydrogens (tertiary/aromatic N) is 1. The van der Waals surface area contributed by atoms with Crippen LogP contribution in [0.5, 0.6) is 0 Å². The first-order chi connectivity index (χ1) is 9.51. The number of halogens is 2. The number of hydrogen-bond acceptors (Lipinski definition) is 2. The second-order valence-electron chi connectivity index (χ2n) is 5.85. The maximum atomic E-state index is 13.7. The molecule has 2 nitrogen and oxygen atoms in total. The summed E-state index contributed by atoms with van der Waals surface area (Å²) in [5, 5.41) is 10.2. The highest BCUT2D eigenvalue weighted by Gasteiger charge is 2.35. The van der Waals surface area contributed by atoms with Gasteiger partial charge in [0.25, 0.3) is 0 Å². The van der Waals surface area contributed by atoms with Gasteiger partial charge in [0.1, 0.15) is 0 Å². The highest BCUT2D eigenvalue weighted by molar-refractivity contribution is 5.21. The van der Waals surface area contributed by atoms with Gasteiger partial charge in [-0.3, -0.25) is 4.90 Å². The predicted octanol–water partition coefficient (Wildman–Crippen LogP) is 3.51. The lowest BCUT2D eigenvalue weighted by Gasteiger charge is -2.27. The second-order valence-corrected chi connectivity index (χ2v) is 5.85. The van der Waals surface area contributed by atoms with E-state index < -0.39 is 17.7 Å². The average molecular weight is 283 g/mol. The number of hydrogen-bond donors (Lipinski definition) is 1. The van der Waals surface area contributed by atoms with Crippen LogP contribution in [0.25, 0.3) is 0 Å². The van der Waals surface area contributed by atoms with E-state index in [0.29, 0.717) is 12.0 Å². The van der Waals surface area contributed by atoms with Crippen LogP contribution in [-0.4, -0.2) is 29.6 Å². The van der Waals surface area contributed by atoms with E-state index in [2.05, 4.69) is 18.7 Å². The van der Waals surface area contributed by atoms with Gasteiger partial charge in [-0.2, -0.15) is 0 Å². The molecule has 20 heavy (non-hydrogen) atoms. The molecular formula is C16H23F2NO. The standard InChI is InChI=1S/C16H23F2NO/c1-3-16(4-2)8-9-19(11-16)10-14(20)12-6-5-7-13(17)15(12)18/h5-7,14,20H,3-4,8-11H2,1-2H3. The highest BCUT2D eigenvalue weighted by atomic mass is 19.2. The predicted molar refractivity (Wildman–Crippen MR) is 75.4 cm³/mol. The van der Waals surface area contributed by atoms with Crippen molar-refractivity contribution in [3.05, 3.63) is 35.4 Å². The molecule has 4 heteroatoms. The number of benzene rings is 1. The van der Waals surface area contributed by atoms with E-state index in [9.17, 15) is 13.9 Å². The van der Waals surface area contributed by atoms with E-state index in [1.807, 2.05) is 0 Å². The van der Waals surface area contributed by atoms with Crippen molar-refractivity contribution in [1.29, 1.82) is 0 Å². The van der Waals surface area contributed by atoms with E-state index in [4.69, 9.17) is 0 Å². The third kappa shape index (κ3) is 3.01. The summed E-state index contributed by atoms with van der Waals surface area (Å²) < 4.78 is 26.8. The molecule has 0 bridgehead atoms. The zero-order valence-electron chi connectivity index (χ0n) is 12.2. The lowest BCUT2D eigenvalue weighted by molar-refractivity contribution is 0.113. The van der Waals surface area contributed by atoms with Gasteiger partial charge in [-0.1, -0.05) is 26.0 Å². The van der Waals surface area contributed by atoms with Crippen LogP contribution in [0.1, 0.15) is 44.8 Å². The molecule has 1 N–H and O–H groups in total. The van der Waals surface area contributed by atoms with Crippen LogP contribution in [0.2, 0.25) is 0 Å². The van der Waals surface area contributed by atoms with Gasteiger partial charge in [0, 0.05) is 18.7 Å². The van der Waals surface area contributed by atoms with Crippen LogP contribution in [0.4, 0.5) is 8.78 Å². The van der Waals surface area contributed by atoms with Crippen molar-refractivity contribution in [3.8, 4) is 0 Å². The first-order valence-corrected chi connectivity index (χ1v) is 7.35. The Bertz CT molecular complexity index is 460. The molecule has 1 saturated heterocycles. The summed E-state index contributed by atoms with van der Waals surface area (Å²) in [6.45, 7) is 6.58. The number of β-amino-alcohol motifs (C(OH)–C–C–N with tert-alkyl or cyclic N) is 1. The van der Waals surface area contributed by atoms with Gasteiger partial charge in [-0.05, 0) is 37.3 Å².